The van der Waals surface area contributed by atoms with Crippen molar-refractivity contribution >= 4 is 5.97 Å². The number of carboxylic acid groups (broad SMARTS) is 1. The van der Waals surface area contributed by atoms with Gasteiger partial charge in [-0.2, -0.15) is 0 Å². The maximum absolute atomic E-state index is 11.2. The van der Waals surface area contributed by atoms with Crippen LogP contribution >= 0.6 is 0 Å². The summed E-state index contributed by atoms with van der Waals surface area (Å²) < 4.78 is 5.41. The first kappa shape index (κ1) is 11.0. The van der Waals surface area contributed by atoms with E-state index in [4.69, 9.17) is 4.42 Å². The molecule has 1 N–H and O–H groups in total. The number of nitrogens with zero attached hydrogens (tertiary/aromatic N) is 1. The van der Waals surface area contributed by atoms with Crippen LogP contribution < -0.4 is 0 Å². The number of aromatic carboxylic acids is 1. The molecule has 2 aromatic heterocycles. The summed E-state index contributed by atoms with van der Waals surface area (Å²) in [4.78, 5) is 15.7. The van der Waals surface area contributed by atoms with Gasteiger partial charge in [-0.25, -0.2) is 4.79 Å². The lowest BCUT2D eigenvalue weighted by molar-refractivity contribution is 0.0695. The van der Waals surface area contributed by atoms with Gasteiger partial charge in [0.15, 0.2) is 0 Å². The fraction of sp³-hybridized carbons (Fsp3) is 0.286. The molecule has 1 aliphatic carbocycles. The summed E-state index contributed by atoms with van der Waals surface area (Å²) in [7, 11) is 0. The van der Waals surface area contributed by atoms with Gasteiger partial charge < -0.3 is 9.52 Å². The van der Waals surface area contributed by atoms with Crippen molar-refractivity contribution in [1.82, 2.24) is 4.98 Å². The highest BCUT2D eigenvalue weighted by molar-refractivity contribution is 5.90. The van der Waals surface area contributed by atoms with E-state index >= 15 is 0 Å². The zero-order valence-corrected chi connectivity index (χ0v) is 10.1. The lowest BCUT2D eigenvalue weighted by Gasteiger charge is -2.16. The van der Waals surface area contributed by atoms with Crippen molar-refractivity contribution in [1.29, 1.82) is 0 Å². The van der Waals surface area contributed by atoms with Crippen LogP contribution in [0, 0.1) is 0 Å². The van der Waals surface area contributed by atoms with Crippen LogP contribution in [0.5, 0.6) is 0 Å². The van der Waals surface area contributed by atoms with Crippen LogP contribution in [-0.4, -0.2) is 16.1 Å². The van der Waals surface area contributed by atoms with Crippen LogP contribution in [0.2, 0.25) is 0 Å². The van der Waals surface area contributed by atoms with Crippen molar-refractivity contribution in [2.45, 2.75) is 26.2 Å². The van der Waals surface area contributed by atoms with Gasteiger partial charge in [-0.05, 0) is 30.5 Å². The Labute approximate surface area is 104 Å². The summed E-state index contributed by atoms with van der Waals surface area (Å²) in [6.07, 6.45) is 3.87. The highest BCUT2D eigenvalue weighted by atomic mass is 16.4. The fourth-order valence-corrected chi connectivity index (χ4v) is 2.46. The van der Waals surface area contributed by atoms with Gasteiger partial charge in [0.1, 0.15) is 5.76 Å². The summed E-state index contributed by atoms with van der Waals surface area (Å²) in [5, 5.41) is 9.20. The van der Waals surface area contributed by atoms with E-state index in [2.05, 4.69) is 4.98 Å². The highest BCUT2D eigenvalue weighted by Crippen LogP contribution is 2.33. The van der Waals surface area contributed by atoms with E-state index in [1.54, 1.807) is 12.3 Å². The Morgan fingerprint density at radius 3 is 3.06 bits per heavy atom. The van der Waals surface area contributed by atoms with Crippen molar-refractivity contribution in [3.63, 3.8) is 0 Å². The molecule has 18 heavy (non-hydrogen) atoms. The zero-order chi connectivity index (χ0) is 12.7. The van der Waals surface area contributed by atoms with Crippen LogP contribution in [0.15, 0.2) is 22.8 Å². The Kier molecular flexibility index (Phi) is 2.44. The number of carboxylic acids is 1. The average Bonchev–Trinajstić information content (AvgIpc) is 2.85. The van der Waals surface area contributed by atoms with Crippen molar-refractivity contribution in [3.05, 3.63) is 41.0 Å². The van der Waals surface area contributed by atoms with E-state index in [0.717, 1.165) is 35.4 Å². The first-order valence-corrected chi connectivity index (χ1v) is 6.03. The summed E-state index contributed by atoms with van der Waals surface area (Å²) in [5.41, 5.74) is 3.84. The number of carbonyl (C=O) groups is 1. The van der Waals surface area contributed by atoms with E-state index in [9.17, 15) is 9.90 Å². The minimum absolute atomic E-state index is 0.322. The topological polar surface area (TPSA) is 63.3 Å². The van der Waals surface area contributed by atoms with E-state index in [-0.39, 0.29) is 0 Å². The van der Waals surface area contributed by atoms with Crippen LogP contribution in [0.1, 0.15) is 34.3 Å². The third-order valence-electron chi connectivity index (χ3n) is 3.37. The molecular weight excluding hydrogens is 230 g/mol. The number of pyridine rings is 1. The second-order valence-electron chi connectivity index (χ2n) is 4.41. The smallest absolute Gasteiger partial charge is 0.337 e. The third-order valence-corrected chi connectivity index (χ3v) is 3.37. The molecule has 0 saturated heterocycles. The van der Waals surface area contributed by atoms with E-state index < -0.39 is 5.97 Å². The quantitative estimate of drug-likeness (QED) is 0.880. The number of hydrogen-bond donors (Lipinski definition) is 1. The largest absolute Gasteiger partial charge is 0.478 e. The lowest BCUT2D eigenvalue weighted by Crippen LogP contribution is -2.11. The molecule has 2 aromatic rings. The predicted octanol–water partition coefficient (Wildman–Crippen LogP) is 2.70. The van der Waals surface area contributed by atoms with Crippen molar-refractivity contribution in [2.75, 3.05) is 0 Å². The van der Waals surface area contributed by atoms with Crippen LogP contribution in [0.3, 0.4) is 0 Å². The molecule has 0 spiro atoms. The van der Waals surface area contributed by atoms with Gasteiger partial charge in [-0.15, -0.1) is 0 Å². The first-order chi connectivity index (χ1) is 8.70. The Morgan fingerprint density at radius 2 is 2.33 bits per heavy atom. The van der Waals surface area contributed by atoms with Crippen LogP contribution in [0.25, 0.3) is 11.3 Å². The fourth-order valence-electron chi connectivity index (χ4n) is 2.46. The summed E-state index contributed by atoms with van der Waals surface area (Å²) in [6.45, 7) is 1.92. The molecule has 0 amide bonds. The Bertz CT molecular complexity index is 628. The maximum Gasteiger partial charge on any atom is 0.337 e. The molecule has 0 radical (unpaired) electrons. The number of aromatic nitrogens is 1. The zero-order valence-electron chi connectivity index (χ0n) is 10.1. The van der Waals surface area contributed by atoms with Gasteiger partial charge in [0, 0.05) is 12.0 Å². The summed E-state index contributed by atoms with van der Waals surface area (Å²) >= 11 is 0. The SMILES string of the molecule is CCc1nc2c(cc1C(=O)O)CCc1occc1-2. The molecule has 0 bridgehead atoms. The van der Waals surface area contributed by atoms with Crippen molar-refractivity contribution in [3.8, 4) is 11.3 Å². The van der Waals surface area contributed by atoms with Gasteiger partial charge in [0.2, 0.25) is 0 Å². The molecule has 0 aliphatic heterocycles. The summed E-state index contributed by atoms with van der Waals surface area (Å²) in [6, 6.07) is 3.67. The number of fused-ring (bicyclic) bond motifs is 3. The standard InChI is InChI=1S/C14H13NO3/c1-2-11-10(14(16)17)7-8-3-4-12-9(5-6-18-12)13(8)15-11/h5-7H,2-4H2,1H3,(H,16,17). The van der Waals surface area contributed by atoms with Gasteiger partial charge in [0.25, 0.3) is 0 Å². The molecule has 0 atom stereocenters. The molecule has 2 heterocycles. The van der Waals surface area contributed by atoms with E-state index in [0.29, 0.717) is 17.7 Å². The molecule has 0 saturated carbocycles. The molecule has 92 valence electrons. The second kappa shape index (κ2) is 3.98. The molecule has 0 aromatic carbocycles. The van der Waals surface area contributed by atoms with Gasteiger partial charge in [-0.1, -0.05) is 6.92 Å². The number of rotatable bonds is 2. The lowest BCUT2D eigenvalue weighted by atomic mass is 9.92. The number of furan rings is 1. The highest BCUT2D eigenvalue weighted by Gasteiger charge is 2.23. The van der Waals surface area contributed by atoms with Gasteiger partial charge in [0.05, 0.1) is 23.2 Å². The first-order valence-electron chi connectivity index (χ1n) is 6.03. The number of aryl methyl sites for hydroxylation is 3. The monoisotopic (exact) mass is 243 g/mol. The van der Waals surface area contributed by atoms with E-state index in [1.807, 2.05) is 13.0 Å². The Balaban J connectivity index is 2.23. The number of hydrogen-bond acceptors (Lipinski definition) is 3. The summed E-state index contributed by atoms with van der Waals surface area (Å²) in [5.74, 6) is 0.0419. The second-order valence-corrected chi connectivity index (χ2v) is 4.41. The minimum Gasteiger partial charge on any atom is -0.478 e. The van der Waals surface area contributed by atoms with Crippen LogP contribution in [-0.2, 0) is 19.3 Å². The Morgan fingerprint density at radius 1 is 1.50 bits per heavy atom. The molecule has 3 rings (SSSR count). The molecular formula is C14H13NO3. The Hall–Kier alpha value is -2.10. The molecule has 4 nitrogen and oxygen atoms in total. The molecule has 1 aliphatic rings. The predicted molar refractivity (Wildman–Crippen MR) is 65.7 cm³/mol. The van der Waals surface area contributed by atoms with Gasteiger partial charge >= 0.3 is 5.97 Å². The third kappa shape index (κ3) is 1.53. The molecule has 4 heteroatoms. The minimum atomic E-state index is -0.903. The molecule has 0 unspecified atom stereocenters. The van der Waals surface area contributed by atoms with Crippen LogP contribution in [0.4, 0.5) is 0 Å². The molecule has 0 fully saturated rings. The van der Waals surface area contributed by atoms with E-state index in [1.165, 1.54) is 0 Å². The average molecular weight is 243 g/mol. The van der Waals surface area contributed by atoms with Gasteiger partial charge in [-0.3, -0.25) is 4.98 Å². The van der Waals surface area contributed by atoms with Crippen molar-refractivity contribution in [2.24, 2.45) is 0 Å². The maximum atomic E-state index is 11.2. The normalized spacial score (nSPS) is 12.9. The van der Waals surface area contributed by atoms with Crippen molar-refractivity contribution < 1.29 is 14.3 Å².